The van der Waals surface area contributed by atoms with Crippen LogP contribution in [0.25, 0.3) is 16.8 Å². The molecule has 1 aliphatic rings. The Hall–Kier alpha value is -3.06. The van der Waals surface area contributed by atoms with Gasteiger partial charge in [-0.3, -0.25) is 9.58 Å². The van der Waals surface area contributed by atoms with Gasteiger partial charge in [-0.05, 0) is 55.8 Å². The van der Waals surface area contributed by atoms with Crippen LogP contribution in [0.5, 0.6) is 0 Å². The van der Waals surface area contributed by atoms with E-state index < -0.39 is 0 Å². The summed E-state index contributed by atoms with van der Waals surface area (Å²) in [5.41, 5.74) is 3.85. The van der Waals surface area contributed by atoms with Gasteiger partial charge in [-0.1, -0.05) is 12.1 Å². The fourth-order valence-electron chi connectivity index (χ4n) is 4.07. The maximum atomic E-state index is 13.5. The number of likely N-dealkylation sites (tertiary alicyclic amines) is 1. The average Bonchev–Trinajstić information content (AvgIpc) is 3.34. The van der Waals surface area contributed by atoms with E-state index in [2.05, 4.69) is 16.2 Å². The van der Waals surface area contributed by atoms with Crippen molar-refractivity contribution in [3.63, 3.8) is 0 Å². The van der Waals surface area contributed by atoms with E-state index in [9.17, 15) is 4.39 Å². The molecular formula is C22H23FN6. The zero-order valence-electron chi connectivity index (χ0n) is 16.4. The third-order valence-corrected chi connectivity index (χ3v) is 5.62. The van der Waals surface area contributed by atoms with Crippen LogP contribution in [0, 0.1) is 5.82 Å². The fraction of sp³-hybridized carbons (Fsp3) is 0.318. The lowest BCUT2D eigenvalue weighted by Crippen LogP contribution is -2.32. The van der Waals surface area contributed by atoms with Gasteiger partial charge in [-0.2, -0.15) is 10.2 Å². The number of hydrogen-bond acceptors (Lipinski definition) is 4. The molecule has 0 unspecified atom stereocenters. The fourth-order valence-corrected chi connectivity index (χ4v) is 4.07. The van der Waals surface area contributed by atoms with Crippen LogP contribution in [-0.2, 0) is 13.6 Å². The van der Waals surface area contributed by atoms with Crippen molar-refractivity contribution < 1.29 is 4.39 Å². The van der Waals surface area contributed by atoms with E-state index in [-0.39, 0.29) is 5.82 Å². The Morgan fingerprint density at radius 3 is 2.69 bits per heavy atom. The summed E-state index contributed by atoms with van der Waals surface area (Å²) in [4.78, 5) is 7.21. The van der Waals surface area contributed by atoms with Crippen LogP contribution in [0.3, 0.4) is 0 Å². The SMILES string of the molecule is Cn1cc(CN2CCC(c3nc4ccc(-c5cccc(F)c5)cn4n3)CC2)cn1. The molecule has 6 nitrogen and oxygen atoms in total. The molecule has 0 N–H and O–H groups in total. The summed E-state index contributed by atoms with van der Waals surface area (Å²) in [7, 11) is 1.95. The predicted octanol–water partition coefficient (Wildman–Crippen LogP) is 3.65. The molecule has 0 radical (unpaired) electrons. The Bertz CT molecular complexity index is 1140. The van der Waals surface area contributed by atoms with Crippen molar-refractivity contribution in [2.45, 2.75) is 25.3 Å². The van der Waals surface area contributed by atoms with E-state index in [0.29, 0.717) is 5.92 Å². The minimum Gasteiger partial charge on any atom is -0.299 e. The van der Waals surface area contributed by atoms with Crippen molar-refractivity contribution in [3.05, 3.63) is 72.2 Å². The molecule has 0 bridgehead atoms. The largest absolute Gasteiger partial charge is 0.299 e. The summed E-state index contributed by atoms with van der Waals surface area (Å²) in [6, 6.07) is 10.5. The highest BCUT2D eigenvalue weighted by atomic mass is 19.1. The molecule has 0 saturated carbocycles. The first-order valence-corrected chi connectivity index (χ1v) is 9.96. The summed E-state index contributed by atoms with van der Waals surface area (Å²) in [5, 5.41) is 8.99. The number of rotatable bonds is 4. The molecule has 1 saturated heterocycles. The number of aryl methyl sites for hydroxylation is 1. The molecule has 1 aliphatic heterocycles. The predicted molar refractivity (Wildman–Crippen MR) is 109 cm³/mol. The first kappa shape index (κ1) is 18.0. The second-order valence-corrected chi connectivity index (χ2v) is 7.77. The minimum absolute atomic E-state index is 0.236. The zero-order valence-corrected chi connectivity index (χ0v) is 16.4. The number of hydrogen-bond donors (Lipinski definition) is 0. The standard InChI is InChI=1S/C22H23FN6/c1-27-13-16(12-24-27)14-28-9-7-17(8-10-28)22-25-21-6-5-19(15-29(21)26-22)18-3-2-4-20(23)11-18/h2-6,11-13,15,17H,7-10,14H2,1H3. The third kappa shape index (κ3) is 3.78. The molecule has 4 aromatic rings. The molecule has 0 spiro atoms. The van der Waals surface area contributed by atoms with Crippen LogP contribution in [0.15, 0.2) is 55.0 Å². The molecule has 5 rings (SSSR count). The topological polar surface area (TPSA) is 51.2 Å². The van der Waals surface area contributed by atoms with Crippen LogP contribution >= 0.6 is 0 Å². The Balaban J connectivity index is 1.30. The summed E-state index contributed by atoms with van der Waals surface area (Å²) >= 11 is 0. The maximum absolute atomic E-state index is 13.5. The van der Waals surface area contributed by atoms with Crippen LogP contribution in [0.1, 0.15) is 30.1 Å². The number of halogens is 1. The van der Waals surface area contributed by atoms with E-state index in [1.165, 1.54) is 17.7 Å². The molecule has 4 heterocycles. The number of benzene rings is 1. The second kappa shape index (κ2) is 7.40. The van der Waals surface area contributed by atoms with E-state index >= 15 is 0 Å². The van der Waals surface area contributed by atoms with Gasteiger partial charge in [0.05, 0.1) is 6.20 Å². The van der Waals surface area contributed by atoms with Crippen molar-refractivity contribution in [2.75, 3.05) is 13.1 Å². The highest BCUT2D eigenvalue weighted by molar-refractivity contribution is 5.64. The van der Waals surface area contributed by atoms with Gasteiger partial charge >= 0.3 is 0 Å². The summed E-state index contributed by atoms with van der Waals surface area (Å²) in [6.45, 7) is 3.00. The van der Waals surface area contributed by atoms with E-state index in [1.807, 2.05) is 46.8 Å². The monoisotopic (exact) mass is 390 g/mol. The molecule has 3 aromatic heterocycles. The Labute approximate surface area is 168 Å². The highest BCUT2D eigenvalue weighted by Gasteiger charge is 2.24. The Morgan fingerprint density at radius 2 is 1.93 bits per heavy atom. The van der Waals surface area contributed by atoms with Crippen LogP contribution in [0.2, 0.25) is 0 Å². The number of pyridine rings is 1. The quantitative estimate of drug-likeness (QED) is 0.534. The molecule has 0 amide bonds. The van der Waals surface area contributed by atoms with Gasteiger partial charge in [-0.15, -0.1) is 0 Å². The van der Waals surface area contributed by atoms with E-state index in [4.69, 9.17) is 10.1 Å². The summed E-state index contributed by atoms with van der Waals surface area (Å²) in [5.74, 6) is 1.04. The lowest BCUT2D eigenvalue weighted by atomic mass is 9.96. The maximum Gasteiger partial charge on any atom is 0.155 e. The molecule has 1 aromatic carbocycles. The lowest BCUT2D eigenvalue weighted by Gasteiger charge is -2.30. The number of nitrogens with zero attached hydrogens (tertiary/aromatic N) is 6. The van der Waals surface area contributed by atoms with Crippen molar-refractivity contribution in [1.82, 2.24) is 29.3 Å². The second-order valence-electron chi connectivity index (χ2n) is 7.77. The molecule has 0 atom stereocenters. The average molecular weight is 390 g/mol. The molecule has 0 aliphatic carbocycles. The molecule has 7 heteroatoms. The van der Waals surface area contributed by atoms with Gasteiger partial charge in [0.15, 0.2) is 11.5 Å². The molecule has 148 valence electrons. The van der Waals surface area contributed by atoms with Crippen molar-refractivity contribution in [3.8, 4) is 11.1 Å². The third-order valence-electron chi connectivity index (χ3n) is 5.62. The van der Waals surface area contributed by atoms with Crippen LogP contribution in [-0.4, -0.2) is 42.4 Å². The van der Waals surface area contributed by atoms with Crippen molar-refractivity contribution >= 4 is 5.65 Å². The van der Waals surface area contributed by atoms with E-state index in [0.717, 1.165) is 55.1 Å². The van der Waals surface area contributed by atoms with Gasteiger partial charge in [0.25, 0.3) is 0 Å². The summed E-state index contributed by atoms with van der Waals surface area (Å²) in [6.07, 6.45) is 8.04. The number of fused-ring (bicyclic) bond motifs is 1. The zero-order chi connectivity index (χ0) is 19.8. The Kier molecular flexibility index (Phi) is 4.60. The Morgan fingerprint density at radius 1 is 1.07 bits per heavy atom. The van der Waals surface area contributed by atoms with Gasteiger partial charge < -0.3 is 0 Å². The highest BCUT2D eigenvalue weighted by Crippen LogP contribution is 2.28. The first-order chi connectivity index (χ1) is 14.1. The molecule has 1 fully saturated rings. The van der Waals surface area contributed by atoms with Crippen molar-refractivity contribution in [2.24, 2.45) is 7.05 Å². The molecular weight excluding hydrogens is 367 g/mol. The van der Waals surface area contributed by atoms with E-state index in [1.54, 1.807) is 6.07 Å². The number of aromatic nitrogens is 5. The van der Waals surface area contributed by atoms with Crippen molar-refractivity contribution in [1.29, 1.82) is 0 Å². The number of piperidine rings is 1. The first-order valence-electron chi connectivity index (χ1n) is 9.96. The van der Waals surface area contributed by atoms with Gasteiger partial charge in [0, 0.05) is 43.0 Å². The summed E-state index contributed by atoms with van der Waals surface area (Å²) < 4.78 is 17.2. The van der Waals surface area contributed by atoms with Gasteiger partial charge in [0.2, 0.25) is 0 Å². The van der Waals surface area contributed by atoms with Crippen LogP contribution in [0.4, 0.5) is 4.39 Å². The van der Waals surface area contributed by atoms with Gasteiger partial charge in [-0.25, -0.2) is 13.9 Å². The normalized spacial score (nSPS) is 15.9. The minimum atomic E-state index is -0.236. The van der Waals surface area contributed by atoms with Crippen LogP contribution < -0.4 is 0 Å². The lowest BCUT2D eigenvalue weighted by molar-refractivity contribution is 0.202. The smallest absolute Gasteiger partial charge is 0.155 e. The molecule has 29 heavy (non-hydrogen) atoms. The van der Waals surface area contributed by atoms with Gasteiger partial charge in [0.1, 0.15) is 5.82 Å².